The van der Waals surface area contributed by atoms with Crippen molar-refractivity contribution >= 4 is 28.2 Å². The number of aromatic nitrogens is 2. The van der Waals surface area contributed by atoms with Crippen LogP contribution in [-0.4, -0.2) is 40.6 Å². The Morgan fingerprint density at radius 3 is 2.84 bits per heavy atom. The normalized spacial score (nSPS) is 15.6. The highest BCUT2D eigenvalue weighted by atomic mass is 32.1. The van der Waals surface area contributed by atoms with E-state index in [9.17, 15) is 9.59 Å². The predicted molar refractivity (Wildman–Crippen MR) is 123 cm³/mol. The molecule has 0 aliphatic carbocycles. The second kappa shape index (κ2) is 10.1. The van der Waals surface area contributed by atoms with Gasteiger partial charge in [0, 0.05) is 42.0 Å². The molecule has 2 aromatic heterocycles. The predicted octanol–water partition coefficient (Wildman–Crippen LogP) is 4.39. The molecular weight excluding hydrogens is 426 g/mol. The summed E-state index contributed by atoms with van der Waals surface area (Å²) in [4.78, 5) is 29.4. The van der Waals surface area contributed by atoms with Crippen molar-refractivity contribution in [2.45, 2.75) is 45.9 Å². The number of ether oxygens (including phenoxy) is 2. The first-order chi connectivity index (χ1) is 15.5. The average molecular weight is 454 g/mol. The number of anilines is 1. The smallest absolute Gasteiger partial charge is 0.358 e. The van der Waals surface area contributed by atoms with Crippen molar-refractivity contribution in [1.82, 2.24) is 9.55 Å². The second-order valence-electron chi connectivity index (χ2n) is 7.91. The molecule has 0 spiro atoms. The second-order valence-corrected chi connectivity index (χ2v) is 8.76. The van der Waals surface area contributed by atoms with Crippen molar-refractivity contribution in [2.24, 2.45) is 0 Å². The largest absolute Gasteiger partial charge is 0.453 e. The number of carbonyl (C=O) groups excluding carboxylic acids is 2. The summed E-state index contributed by atoms with van der Waals surface area (Å²) in [5.41, 5.74) is 3.77. The molecule has 1 aromatic carbocycles. The topological polar surface area (TPSA) is 82.5 Å². The molecule has 0 bridgehead atoms. The number of hydrogen-bond donors (Lipinski definition) is 1. The van der Waals surface area contributed by atoms with Crippen LogP contribution in [0.2, 0.25) is 0 Å². The molecule has 3 aromatic rings. The Morgan fingerprint density at radius 1 is 1.28 bits per heavy atom. The van der Waals surface area contributed by atoms with Crippen LogP contribution in [0, 0.1) is 13.8 Å². The number of Topliss-reactive ketones (excluding diaryl/α,β-unsaturated/α-hetero) is 1. The molecule has 0 saturated carbocycles. The number of nitrogens with one attached hydrogen (secondary N) is 1. The third-order valence-electron chi connectivity index (χ3n) is 5.62. The Bertz CT molecular complexity index is 1080. The summed E-state index contributed by atoms with van der Waals surface area (Å²) < 4.78 is 13.1. The van der Waals surface area contributed by atoms with Crippen LogP contribution in [0.1, 0.15) is 50.6 Å². The molecule has 1 atom stereocenters. The molecule has 1 aliphatic heterocycles. The van der Waals surface area contributed by atoms with Gasteiger partial charge in [0.05, 0.1) is 6.10 Å². The summed E-state index contributed by atoms with van der Waals surface area (Å²) in [6.45, 7) is 5.73. The summed E-state index contributed by atoms with van der Waals surface area (Å²) in [7, 11) is 0. The maximum absolute atomic E-state index is 12.7. The Labute approximate surface area is 191 Å². The number of thiazole rings is 1. The van der Waals surface area contributed by atoms with Crippen molar-refractivity contribution in [2.75, 3.05) is 18.5 Å². The number of carbonyl (C=O) groups is 2. The van der Waals surface area contributed by atoms with E-state index in [1.54, 1.807) is 5.38 Å². The first-order valence-electron chi connectivity index (χ1n) is 10.7. The van der Waals surface area contributed by atoms with Crippen molar-refractivity contribution < 1.29 is 19.1 Å². The Morgan fingerprint density at radius 2 is 2.09 bits per heavy atom. The fourth-order valence-corrected chi connectivity index (χ4v) is 4.54. The molecule has 1 N–H and O–H groups in total. The van der Waals surface area contributed by atoms with Gasteiger partial charge in [0.2, 0.25) is 5.78 Å². The van der Waals surface area contributed by atoms with Crippen LogP contribution in [0.4, 0.5) is 5.13 Å². The van der Waals surface area contributed by atoms with Crippen LogP contribution in [-0.2, 0) is 22.6 Å². The Hall–Kier alpha value is -2.97. The van der Waals surface area contributed by atoms with E-state index < -0.39 is 5.97 Å². The zero-order valence-corrected chi connectivity index (χ0v) is 19.1. The van der Waals surface area contributed by atoms with Gasteiger partial charge in [-0.05, 0) is 38.3 Å². The van der Waals surface area contributed by atoms with Gasteiger partial charge in [-0.1, -0.05) is 30.3 Å². The summed E-state index contributed by atoms with van der Waals surface area (Å²) in [5, 5.41) is 5.45. The molecule has 8 heteroatoms. The van der Waals surface area contributed by atoms with Gasteiger partial charge in [-0.3, -0.25) is 4.79 Å². The maximum atomic E-state index is 12.7. The highest BCUT2D eigenvalue weighted by Crippen LogP contribution is 2.21. The van der Waals surface area contributed by atoms with Gasteiger partial charge in [-0.25, -0.2) is 9.78 Å². The van der Waals surface area contributed by atoms with Gasteiger partial charge in [0.25, 0.3) is 0 Å². The first kappa shape index (κ1) is 22.2. The summed E-state index contributed by atoms with van der Waals surface area (Å²) in [6.07, 6.45) is 2.30. The molecule has 7 nitrogen and oxygen atoms in total. The molecule has 3 heterocycles. The van der Waals surface area contributed by atoms with Crippen molar-refractivity contribution in [3.8, 4) is 0 Å². The molecule has 0 unspecified atom stereocenters. The van der Waals surface area contributed by atoms with Gasteiger partial charge in [-0.2, -0.15) is 0 Å². The maximum Gasteiger partial charge on any atom is 0.358 e. The van der Waals surface area contributed by atoms with E-state index in [4.69, 9.17) is 9.47 Å². The lowest BCUT2D eigenvalue weighted by atomic mass is 10.1. The Balaban J connectivity index is 1.31. The van der Waals surface area contributed by atoms with Crippen LogP contribution in [0.15, 0.2) is 41.8 Å². The number of benzene rings is 1. The summed E-state index contributed by atoms with van der Waals surface area (Å²) in [6, 6.07) is 11.8. The Kier molecular flexibility index (Phi) is 7.02. The lowest BCUT2D eigenvalue weighted by Gasteiger charge is -2.14. The van der Waals surface area contributed by atoms with Crippen LogP contribution in [0.3, 0.4) is 0 Å². The lowest BCUT2D eigenvalue weighted by Crippen LogP contribution is -2.18. The molecule has 32 heavy (non-hydrogen) atoms. The molecule has 0 radical (unpaired) electrons. The number of nitrogens with zero attached hydrogens (tertiary/aromatic N) is 2. The van der Waals surface area contributed by atoms with E-state index >= 15 is 0 Å². The molecule has 168 valence electrons. The van der Waals surface area contributed by atoms with Crippen molar-refractivity contribution in [3.63, 3.8) is 0 Å². The molecule has 0 amide bonds. The highest BCUT2D eigenvalue weighted by Gasteiger charge is 2.22. The third-order valence-corrected chi connectivity index (χ3v) is 6.42. The van der Waals surface area contributed by atoms with E-state index in [1.807, 2.05) is 50.2 Å². The number of esters is 1. The first-order valence-corrected chi connectivity index (χ1v) is 11.6. The molecule has 4 rings (SSSR count). The SMILES string of the molecule is Cc1cc(C(=O)COC(=O)c2csc(NCc3ccccc3)n2)c(C)n1C[C@@H]1CCCO1. The lowest BCUT2D eigenvalue weighted by molar-refractivity contribution is 0.0469. The standard InChI is InChI=1S/C24H27N3O4S/c1-16-11-20(17(2)27(16)13-19-9-6-10-30-19)22(28)14-31-23(29)21-15-32-24(26-21)25-12-18-7-4-3-5-8-18/h3-5,7-8,11,15,19H,6,9-10,12-14H2,1-2H3,(H,25,26)/t19-/m0/s1. The minimum absolute atomic E-state index is 0.190. The van der Waals surface area contributed by atoms with E-state index in [2.05, 4.69) is 14.9 Å². The molecule has 1 fully saturated rings. The van der Waals surface area contributed by atoms with Gasteiger partial charge in [-0.15, -0.1) is 11.3 Å². The zero-order chi connectivity index (χ0) is 22.5. The van der Waals surface area contributed by atoms with E-state index in [-0.39, 0.29) is 24.2 Å². The fraction of sp³-hybridized carbons (Fsp3) is 0.375. The highest BCUT2D eigenvalue weighted by molar-refractivity contribution is 7.13. The molecular formula is C24H27N3O4S. The fourth-order valence-electron chi connectivity index (χ4n) is 3.86. The van der Waals surface area contributed by atoms with Gasteiger partial charge >= 0.3 is 5.97 Å². The van der Waals surface area contributed by atoms with Crippen LogP contribution >= 0.6 is 11.3 Å². The monoisotopic (exact) mass is 453 g/mol. The zero-order valence-electron chi connectivity index (χ0n) is 18.3. The number of rotatable bonds is 9. The molecule has 1 aliphatic rings. The van der Waals surface area contributed by atoms with Gasteiger partial charge < -0.3 is 19.4 Å². The van der Waals surface area contributed by atoms with Gasteiger partial charge in [0.1, 0.15) is 0 Å². The summed E-state index contributed by atoms with van der Waals surface area (Å²) in [5.74, 6) is -0.821. The third kappa shape index (κ3) is 5.26. The van der Waals surface area contributed by atoms with Crippen LogP contribution in [0.5, 0.6) is 0 Å². The van der Waals surface area contributed by atoms with E-state index in [0.29, 0.717) is 17.2 Å². The van der Waals surface area contributed by atoms with E-state index in [0.717, 1.165) is 42.9 Å². The summed E-state index contributed by atoms with van der Waals surface area (Å²) >= 11 is 1.33. The minimum atomic E-state index is -0.601. The van der Waals surface area contributed by atoms with Crippen molar-refractivity contribution in [1.29, 1.82) is 0 Å². The number of ketones is 1. The van der Waals surface area contributed by atoms with Gasteiger partial charge in [0.15, 0.2) is 17.4 Å². The van der Waals surface area contributed by atoms with Crippen LogP contribution in [0.25, 0.3) is 0 Å². The average Bonchev–Trinajstić information content (AvgIpc) is 3.55. The van der Waals surface area contributed by atoms with E-state index in [1.165, 1.54) is 11.3 Å². The van der Waals surface area contributed by atoms with Crippen LogP contribution < -0.4 is 5.32 Å². The quantitative estimate of drug-likeness (QED) is 0.382. The number of aryl methyl sites for hydroxylation is 1. The van der Waals surface area contributed by atoms with Crippen molar-refractivity contribution in [3.05, 3.63) is 70.0 Å². The minimum Gasteiger partial charge on any atom is -0.453 e. The number of hydrogen-bond acceptors (Lipinski definition) is 7. The molecule has 1 saturated heterocycles.